The van der Waals surface area contributed by atoms with Crippen LogP contribution in [0, 0.1) is 0 Å². The second kappa shape index (κ2) is 14.2. The number of aryl methyl sites for hydroxylation is 1. The largest absolute Gasteiger partial charge is 0.456 e. The standard InChI is InChI=1S/C58H38N4O/c1-4-15-37(16-5-1)56-59-57(38-17-6-2-7-18-38)61-58(60-56)45-31-29-36-27-28-39(33-47(36)43-22-11-10-21-42(43)45)40-30-32-50-49(34-40)54-46-24-14-26-53-55(46)48(44-23-12-13-25-52(44)63-53)35-51(54)62(50)41-19-8-3-9-20-41/h1-28,30,32-35,45H,29,31H2. The minimum atomic E-state index is -0.0173. The quantitative estimate of drug-likeness (QED) is 0.174. The topological polar surface area (TPSA) is 52.8 Å². The Bertz CT molecular complexity index is 3540. The molecule has 5 heteroatoms. The molecule has 2 aromatic heterocycles. The Kier molecular flexibility index (Phi) is 8.03. The molecule has 1 aliphatic carbocycles. The fraction of sp³-hybridized carbons (Fsp3) is 0.0517. The van der Waals surface area contributed by atoms with Crippen molar-refractivity contribution in [2.45, 2.75) is 18.8 Å². The summed E-state index contributed by atoms with van der Waals surface area (Å²) >= 11 is 0. The first-order chi connectivity index (χ1) is 31.2. The molecule has 9 aromatic carbocycles. The number of rotatable bonds is 5. The van der Waals surface area contributed by atoms with Crippen LogP contribution < -0.4 is 4.74 Å². The van der Waals surface area contributed by atoms with Gasteiger partial charge in [-0.25, -0.2) is 15.0 Å². The molecular weight excluding hydrogens is 769 g/mol. The number of para-hydroxylation sites is 2. The molecule has 0 radical (unpaired) electrons. The van der Waals surface area contributed by atoms with Gasteiger partial charge in [-0.3, -0.25) is 0 Å². The lowest BCUT2D eigenvalue weighted by Crippen LogP contribution is -2.10. The molecule has 11 aromatic rings. The van der Waals surface area contributed by atoms with Crippen LogP contribution in [-0.4, -0.2) is 19.5 Å². The zero-order valence-corrected chi connectivity index (χ0v) is 34.2. The van der Waals surface area contributed by atoms with E-state index in [1.54, 1.807) is 0 Å². The Balaban J connectivity index is 0.975. The molecule has 1 aliphatic heterocycles. The van der Waals surface area contributed by atoms with E-state index in [-0.39, 0.29) is 5.92 Å². The van der Waals surface area contributed by atoms with Gasteiger partial charge in [0, 0.05) is 44.5 Å². The first-order valence-corrected chi connectivity index (χ1v) is 21.7. The highest BCUT2D eigenvalue weighted by Crippen LogP contribution is 2.51. The molecule has 3 heterocycles. The predicted molar refractivity (Wildman–Crippen MR) is 256 cm³/mol. The molecular formula is C58H38N4O. The molecule has 0 N–H and O–H groups in total. The van der Waals surface area contributed by atoms with Crippen LogP contribution in [0.1, 0.15) is 29.3 Å². The molecule has 1 atom stereocenters. The van der Waals surface area contributed by atoms with E-state index in [1.165, 1.54) is 66.1 Å². The van der Waals surface area contributed by atoms with Crippen molar-refractivity contribution in [1.82, 2.24) is 19.5 Å². The van der Waals surface area contributed by atoms with Crippen LogP contribution in [-0.2, 0) is 6.42 Å². The van der Waals surface area contributed by atoms with Crippen molar-refractivity contribution < 1.29 is 4.74 Å². The van der Waals surface area contributed by atoms with Crippen LogP contribution in [0.2, 0.25) is 0 Å². The van der Waals surface area contributed by atoms with Gasteiger partial charge >= 0.3 is 0 Å². The number of fused-ring (bicyclic) bond motifs is 9. The molecule has 1 unspecified atom stereocenters. The van der Waals surface area contributed by atoms with Gasteiger partial charge in [-0.15, -0.1) is 0 Å². The number of ether oxygens (including phenoxy) is 1. The molecule has 0 bridgehead atoms. The van der Waals surface area contributed by atoms with E-state index in [1.807, 2.05) is 42.5 Å². The fourth-order valence-electron chi connectivity index (χ4n) is 10.2. The monoisotopic (exact) mass is 806 g/mol. The molecule has 0 fully saturated rings. The van der Waals surface area contributed by atoms with Gasteiger partial charge in [-0.2, -0.15) is 0 Å². The third kappa shape index (κ3) is 5.74. The van der Waals surface area contributed by atoms with Crippen molar-refractivity contribution in [2.24, 2.45) is 0 Å². The maximum atomic E-state index is 6.56. The number of hydrogen-bond acceptors (Lipinski definition) is 4. The number of aromatic nitrogens is 4. The summed E-state index contributed by atoms with van der Waals surface area (Å²) in [6.45, 7) is 0. The molecule has 0 spiro atoms. The van der Waals surface area contributed by atoms with Crippen LogP contribution >= 0.6 is 0 Å². The van der Waals surface area contributed by atoms with E-state index in [0.717, 1.165) is 57.9 Å². The maximum Gasteiger partial charge on any atom is 0.163 e. The van der Waals surface area contributed by atoms with Crippen LogP contribution in [0.4, 0.5) is 0 Å². The maximum absolute atomic E-state index is 6.56. The highest BCUT2D eigenvalue weighted by atomic mass is 16.5. The summed E-state index contributed by atoms with van der Waals surface area (Å²) in [6, 6.07) is 71.4. The molecule has 296 valence electrons. The SMILES string of the molecule is c1ccc(-c2nc(-c3ccccc3)nc(C3CCc4ccc(-c5ccc6c(c5)c5c7cccc8c7c(cc5n6-c5ccccc5)-c5ccccc5O8)cc4-c4ccccc43)n2)cc1. The van der Waals surface area contributed by atoms with Crippen LogP contribution in [0.25, 0.3) is 94.4 Å². The van der Waals surface area contributed by atoms with Gasteiger partial charge in [-0.05, 0) is 106 Å². The average Bonchev–Trinajstić information content (AvgIpc) is 3.59. The summed E-state index contributed by atoms with van der Waals surface area (Å²) in [7, 11) is 0. The third-order valence-corrected chi connectivity index (χ3v) is 13.1. The van der Waals surface area contributed by atoms with Crippen molar-refractivity contribution in [1.29, 1.82) is 0 Å². The zero-order valence-electron chi connectivity index (χ0n) is 34.2. The van der Waals surface area contributed by atoms with Crippen LogP contribution in [0.3, 0.4) is 0 Å². The summed E-state index contributed by atoms with van der Waals surface area (Å²) in [5.41, 5.74) is 15.2. The van der Waals surface area contributed by atoms with Crippen LogP contribution in [0.5, 0.6) is 11.5 Å². The highest BCUT2D eigenvalue weighted by Gasteiger charge is 2.28. The van der Waals surface area contributed by atoms with Gasteiger partial charge in [-0.1, -0.05) is 152 Å². The summed E-state index contributed by atoms with van der Waals surface area (Å²) in [5.74, 6) is 3.96. The van der Waals surface area contributed by atoms with Gasteiger partial charge in [0.05, 0.1) is 11.0 Å². The van der Waals surface area contributed by atoms with Crippen molar-refractivity contribution in [3.8, 4) is 73.3 Å². The van der Waals surface area contributed by atoms with E-state index in [4.69, 9.17) is 19.7 Å². The Hall–Kier alpha value is -8.15. The summed E-state index contributed by atoms with van der Waals surface area (Å²) < 4.78 is 8.98. The molecule has 0 saturated carbocycles. The normalized spacial score (nSPS) is 13.9. The Morgan fingerprint density at radius 3 is 1.86 bits per heavy atom. The molecule has 63 heavy (non-hydrogen) atoms. The summed E-state index contributed by atoms with van der Waals surface area (Å²) in [6.07, 6.45) is 1.78. The van der Waals surface area contributed by atoms with Crippen molar-refractivity contribution in [2.75, 3.05) is 0 Å². The number of hydrogen-bond donors (Lipinski definition) is 0. The first kappa shape index (κ1) is 35.6. The zero-order chi connectivity index (χ0) is 41.4. The van der Waals surface area contributed by atoms with E-state index in [9.17, 15) is 0 Å². The number of benzene rings is 9. The lowest BCUT2D eigenvalue weighted by atomic mass is 9.89. The van der Waals surface area contributed by atoms with Gasteiger partial charge in [0.15, 0.2) is 11.6 Å². The Labute approximate surface area is 364 Å². The van der Waals surface area contributed by atoms with Gasteiger partial charge < -0.3 is 9.30 Å². The van der Waals surface area contributed by atoms with Gasteiger partial charge in [0.25, 0.3) is 0 Å². The fourth-order valence-corrected chi connectivity index (χ4v) is 10.2. The Morgan fingerprint density at radius 2 is 1.08 bits per heavy atom. The van der Waals surface area contributed by atoms with Crippen molar-refractivity contribution in [3.63, 3.8) is 0 Å². The summed E-state index contributed by atoms with van der Waals surface area (Å²) in [5, 5.41) is 4.78. The average molecular weight is 807 g/mol. The summed E-state index contributed by atoms with van der Waals surface area (Å²) in [4.78, 5) is 15.4. The smallest absolute Gasteiger partial charge is 0.163 e. The van der Waals surface area contributed by atoms with E-state index >= 15 is 0 Å². The second-order valence-corrected chi connectivity index (χ2v) is 16.6. The number of nitrogens with zero attached hydrogens (tertiary/aromatic N) is 4. The first-order valence-electron chi connectivity index (χ1n) is 21.7. The third-order valence-electron chi connectivity index (χ3n) is 13.1. The minimum Gasteiger partial charge on any atom is -0.456 e. The van der Waals surface area contributed by atoms with E-state index < -0.39 is 0 Å². The molecule has 0 amide bonds. The van der Waals surface area contributed by atoms with E-state index in [2.05, 4.69) is 162 Å². The van der Waals surface area contributed by atoms with E-state index in [0.29, 0.717) is 11.6 Å². The predicted octanol–water partition coefficient (Wildman–Crippen LogP) is 14.6. The van der Waals surface area contributed by atoms with Gasteiger partial charge in [0.1, 0.15) is 17.3 Å². The molecule has 13 rings (SSSR count). The Morgan fingerprint density at radius 1 is 0.429 bits per heavy atom. The lowest BCUT2D eigenvalue weighted by molar-refractivity contribution is 0.487. The van der Waals surface area contributed by atoms with Crippen molar-refractivity contribution >= 4 is 32.6 Å². The molecule has 5 nitrogen and oxygen atoms in total. The lowest BCUT2D eigenvalue weighted by Gasteiger charge is -2.22. The minimum absolute atomic E-state index is 0.0173. The van der Waals surface area contributed by atoms with Crippen molar-refractivity contribution in [3.05, 3.63) is 217 Å². The van der Waals surface area contributed by atoms with Crippen LogP contribution in [0.15, 0.2) is 200 Å². The highest BCUT2D eigenvalue weighted by molar-refractivity contribution is 6.26. The second-order valence-electron chi connectivity index (χ2n) is 16.6. The molecule has 2 aliphatic rings. The molecule has 0 saturated heterocycles. The van der Waals surface area contributed by atoms with Gasteiger partial charge in [0.2, 0.25) is 0 Å².